The Kier molecular flexibility index (Phi) is 3.20. The summed E-state index contributed by atoms with van der Waals surface area (Å²) in [7, 11) is -2.89. The first kappa shape index (κ1) is 12.9. The third kappa shape index (κ3) is 3.43. The van der Waals surface area contributed by atoms with E-state index in [4.69, 9.17) is 0 Å². The van der Waals surface area contributed by atoms with E-state index in [9.17, 15) is 13.5 Å². The fourth-order valence-electron chi connectivity index (χ4n) is 1.82. The van der Waals surface area contributed by atoms with Crippen molar-refractivity contribution in [3.8, 4) is 0 Å². The minimum absolute atomic E-state index is 0.129. The van der Waals surface area contributed by atoms with E-state index < -0.39 is 21.0 Å². The van der Waals surface area contributed by atoms with Gasteiger partial charge < -0.3 is 10.4 Å². The van der Waals surface area contributed by atoms with E-state index >= 15 is 0 Å². The van der Waals surface area contributed by atoms with Gasteiger partial charge in [-0.15, -0.1) is 0 Å². The minimum atomic E-state index is -2.89. The third-order valence-electron chi connectivity index (χ3n) is 3.13. The standard InChI is InChI=1S/C10H21NO3S/c1-8(9(2,3)12)11-10(4)5-6-15(13,14)7-10/h8,11-12H,5-7H2,1-4H3. The average Bonchev–Trinajstić information content (AvgIpc) is 2.23. The van der Waals surface area contributed by atoms with Crippen LogP contribution >= 0.6 is 0 Å². The van der Waals surface area contributed by atoms with Crippen LogP contribution in [0, 0.1) is 0 Å². The van der Waals surface area contributed by atoms with Crippen molar-refractivity contribution in [3.05, 3.63) is 0 Å². The Hall–Kier alpha value is -0.130. The van der Waals surface area contributed by atoms with Gasteiger partial charge in [-0.3, -0.25) is 0 Å². The molecule has 0 bridgehead atoms. The third-order valence-corrected chi connectivity index (χ3v) is 5.03. The molecule has 0 spiro atoms. The molecule has 0 aliphatic carbocycles. The summed E-state index contributed by atoms with van der Waals surface area (Å²) in [5.74, 6) is 0.412. The van der Waals surface area contributed by atoms with E-state index in [-0.39, 0.29) is 17.5 Å². The van der Waals surface area contributed by atoms with Crippen molar-refractivity contribution < 1.29 is 13.5 Å². The molecule has 1 heterocycles. The van der Waals surface area contributed by atoms with E-state index in [1.807, 2.05) is 13.8 Å². The van der Waals surface area contributed by atoms with Crippen LogP contribution in [-0.2, 0) is 9.84 Å². The molecule has 0 aromatic rings. The molecule has 1 saturated heterocycles. The number of hydrogen-bond donors (Lipinski definition) is 2. The van der Waals surface area contributed by atoms with Gasteiger partial charge in [-0.05, 0) is 34.1 Å². The lowest BCUT2D eigenvalue weighted by Gasteiger charge is -2.35. The molecule has 0 aromatic carbocycles. The molecule has 1 aliphatic heterocycles. The first-order valence-corrected chi connectivity index (χ1v) is 7.07. The second kappa shape index (κ2) is 3.71. The van der Waals surface area contributed by atoms with Crippen molar-refractivity contribution in [2.45, 2.75) is 51.3 Å². The second-order valence-corrected chi connectivity index (χ2v) is 7.61. The van der Waals surface area contributed by atoms with E-state index in [0.717, 1.165) is 0 Å². The Morgan fingerprint density at radius 3 is 2.33 bits per heavy atom. The predicted octanol–water partition coefficient (Wildman–Crippen LogP) is 0.313. The molecule has 1 rings (SSSR count). The maximum Gasteiger partial charge on any atom is 0.152 e. The van der Waals surface area contributed by atoms with Gasteiger partial charge in [-0.1, -0.05) is 0 Å². The Morgan fingerprint density at radius 2 is 2.00 bits per heavy atom. The largest absolute Gasteiger partial charge is 0.389 e. The average molecular weight is 235 g/mol. The number of hydrogen-bond acceptors (Lipinski definition) is 4. The van der Waals surface area contributed by atoms with Crippen molar-refractivity contribution in [1.29, 1.82) is 0 Å². The van der Waals surface area contributed by atoms with Gasteiger partial charge in [0, 0.05) is 11.6 Å². The highest BCUT2D eigenvalue weighted by molar-refractivity contribution is 7.91. The van der Waals surface area contributed by atoms with Crippen molar-refractivity contribution >= 4 is 9.84 Å². The molecule has 2 unspecified atom stereocenters. The van der Waals surface area contributed by atoms with Gasteiger partial charge >= 0.3 is 0 Å². The highest BCUT2D eigenvalue weighted by atomic mass is 32.2. The molecular weight excluding hydrogens is 214 g/mol. The first-order chi connectivity index (χ1) is 6.54. The molecule has 0 aromatic heterocycles. The molecule has 0 radical (unpaired) electrons. The van der Waals surface area contributed by atoms with E-state index in [0.29, 0.717) is 6.42 Å². The van der Waals surface area contributed by atoms with Crippen LogP contribution in [0.4, 0.5) is 0 Å². The van der Waals surface area contributed by atoms with Crippen molar-refractivity contribution in [2.75, 3.05) is 11.5 Å². The zero-order valence-electron chi connectivity index (χ0n) is 9.87. The van der Waals surface area contributed by atoms with Crippen LogP contribution in [0.5, 0.6) is 0 Å². The minimum Gasteiger partial charge on any atom is -0.389 e. The molecule has 0 saturated carbocycles. The number of sulfone groups is 1. The first-order valence-electron chi connectivity index (χ1n) is 5.25. The number of nitrogens with one attached hydrogen (secondary N) is 1. The zero-order valence-corrected chi connectivity index (χ0v) is 10.7. The zero-order chi connectivity index (χ0) is 11.9. The SMILES string of the molecule is CC(NC1(C)CCS(=O)(=O)C1)C(C)(C)O. The molecule has 15 heavy (non-hydrogen) atoms. The van der Waals surface area contributed by atoms with Gasteiger partial charge in [0.25, 0.3) is 0 Å². The lowest BCUT2D eigenvalue weighted by atomic mass is 9.94. The molecular formula is C10H21NO3S. The molecule has 1 aliphatic rings. The summed E-state index contributed by atoms with van der Waals surface area (Å²) in [6.07, 6.45) is 0.621. The quantitative estimate of drug-likeness (QED) is 0.739. The molecule has 90 valence electrons. The smallest absolute Gasteiger partial charge is 0.152 e. The lowest BCUT2D eigenvalue weighted by Crippen LogP contribution is -2.55. The summed E-state index contributed by atoms with van der Waals surface area (Å²) in [4.78, 5) is 0. The van der Waals surface area contributed by atoms with E-state index in [2.05, 4.69) is 5.32 Å². The van der Waals surface area contributed by atoms with Crippen LogP contribution in [0.15, 0.2) is 0 Å². The highest BCUT2D eigenvalue weighted by Gasteiger charge is 2.40. The molecule has 5 heteroatoms. The highest BCUT2D eigenvalue weighted by Crippen LogP contribution is 2.25. The summed E-state index contributed by atoms with van der Waals surface area (Å²) in [5, 5.41) is 13.0. The Labute approximate surface area is 92.0 Å². The second-order valence-electron chi connectivity index (χ2n) is 5.42. The van der Waals surface area contributed by atoms with Crippen LogP contribution in [-0.4, -0.2) is 42.2 Å². The van der Waals surface area contributed by atoms with Gasteiger partial charge in [0.1, 0.15) is 0 Å². The molecule has 0 amide bonds. The molecule has 2 N–H and O–H groups in total. The van der Waals surface area contributed by atoms with Crippen LogP contribution in [0.2, 0.25) is 0 Å². The van der Waals surface area contributed by atoms with Crippen LogP contribution < -0.4 is 5.32 Å². The van der Waals surface area contributed by atoms with Gasteiger partial charge in [-0.2, -0.15) is 0 Å². The van der Waals surface area contributed by atoms with Crippen LogP contribution in [0.3, 0.4) is 0 Å². The lowest BCUT2D eigenvalue weighted by molar-refractivity contribution is 0.0339. The summed E-state index contributed by atoms with van der Waals surface area (Å²) >= 11 is 0. The van der Waals surface area contributed by atoms with Gasteiger partial charge in [-0.25, -0.2) is 8.42 Å². The van der Waals surface area contributed by atoms with Crippen LogP contribution in [0.25, 0.3) is 0 Å². The fraction of sp³-hybridized carbons (Fsp3) is 1.00. The topological polar surface area (TPSA) is 66.4 Å². The number of rotatable bonds is 3. The summed E-state index contributed by atoms with van der Waals surface area (Å²) in [5.41, 5.74) is -1.23. The molecule has 1 fully saturated rings. The predicted molar refractivity (Wildman–Crippen MR) is 60.6 cm³/mol. The molecule has 2 atom stereocenters. The van der Waals surface area contributed by atoms with Gasteiger partial charge in [0.05, 0.1) is 17.1 Å². The van der Waals surface area contributed by atoms with Crippen molar-refractivity contribution in [2.24, 2.45) is 0 Å². The van der Waals surface area contributed by atoms with E-state index in [1.165, 1.54) is 0 Å². The Morgan fingerprint density at radius 1 is 1.47 bits per heavy atom. The normalized spacial score (nSPS) is 32.9. The van der Waals surface area contributed by atoms with Crippen LogP contribution in [0.1, 0.15) is 34.1 Å². The van der Waals surface area contributed by atoms with Gasteiger partial charge in [0.15, 0.2) is 9.84 Å². The maximum absolute atomic E-state index is 11.4. The van der Waals surface area contributed by atoms with E-state index in [1.54, 1.807) is 13.8 Å². The maximum atomic E-state index is 11.4. The van der Waals surface area contributed by atoms with Gasteiger partial charge in [0.2, 0.25) is 0 Å². The summed E-state index contributed by atoms with van der Waals surface area (Å²) in [6, 6.07) is -0.129. The Balaban J connectivity index is 2.67. The van der Waals surface area contributed by atoms with Crippen molar-refractivity contribution in [3.63, 3.8) is 0 Å². The van der Waals surface area contributed by atoms with Crippen molar-refractivity contribution in [1.82, 2.24) is 5.32 Å². The summed E-state index contributed by atoms with van der Waals surface area (Å²) in [6.45, 7) is 7.21. The molecule has 4 nitrogen and oxygen atoms in total. The number of aliphatic hydroxyl groups is 1. The summed E-state index contributed by atoms with van der Waals surface area (Å²) < 4.78 is 22.7. The monoisotopic (exact) mass is 235 g/mol. The Bertz CT molecular complexity index is 331. The fourth-order valence-corrected chi connectivity index (χ4v) is 3.93.